The van der Waals surface area contributed by atoms with Crippen molar-refractivity contribution in [3.63, 3.8) is 0 Å². The fourth-order valence-electron chi connectivity index (χ4n) is 0.843. The van der Waals surface area contributed by atoms with Crippen molar-refractivity contribution < 1.29 is 9.59 Å². The minimum Gasteiger partial charge on any atom is -0.355 e. The summed E-state index contributed by atoms with van der Waals surface area (Å²) in [6.07, 6.45) is 0.374. The van der Waals surface area contributed by atoms with Crippen LogP contribution < -0.4 is 5.32 Å². The Morgan fingerprint density at radius 3 is 2.54 bits per heavy atom. The van der Waals surface area contributed by atoms with E-state index < -0.39 is 0 Å². The maximum Gasteiger partial charge on any atom is 0.239 e. The number of hydrogen-bond donors (Lipinski definition) is 2. The summed E-state index contributed by atoms with van der Waals surface area (Å²) in [5.74, 6) is 0.331. The highest BCUT2D eigenvalue weighted by atomic mass is 32.1. The van der Waals surface area contributed by atoms with E-state index in [1.807, 2.05) is 6.92 Å². The molecular weight excluding hydrogens is 188 g/mol. The highest BCUT2D eigenvalue weighted by molar-refractivity contribution is 7.80. The van der Waals surface area contributed by atoms with Crippen molar-refractivity contribution in [3.05, 3.63) is 0 Å². The van der Waals surface area contributed by atoms with Gasteiger partial charge in [0.2, 0.25) is 11.8 Å². The number of rotatable bonds is 5. The average molecular weight is 204 g/mol. The molecule has 1 N–H and O–H groups in total. The summed E-state index contributed by atoms with van der Waals surface area (Å²) in [5.41, 5.74) is 0. The highest BCUT2D eigenvalue weighted by Crippen LogP contribution is 1.92. The molecule has 0 aliphatic rings. The summed E-state index contributed by atoms with van der Waals surface area (Å²) < 4.78 is 0. The third-order valence-corrected chi connectivity index (χ3v) is 1.73. The number of hydrogen-bond acceptors (Lipinski definition) is 3. The number of carbonyl (C=O) groups excluding carboxylic acids is 2. The lowest BCUT2D eigenvalue weighted by molar-refractivity contribution is -0.134. The number of carbonyl (C=O) groups is 2. The minimum atomic E-state index is -0.127. The van der Waals surface area contributed by atoms with Gasteiger partial charge in [-0.25, -0.2) is 0 Å². The molecule has 76 valence electrons. The molecule has 2 amide bonds. The van der Waals surface area contributed by atoms with Crippen LogP contribution in [-0.2, 0) is 9.59 Å². The maximum atomic E-state index is 11.2. The Labute approximate surface area is 84.1 Å². The summed E-state index contributed by atoms with van der Waals surface area (Å²) in [6.45, 7) is 2.56. The van der Waals surface area contributed by atoms with Crippen molar-refractivity contribution in [3.8, 4) is 0 Å². The molecular formula is C8H16N2O2S. The van der Waals surface area contributed by atoms with Gasteiger partial charge in [0.15, 0.2) is 0 Å². The zero-order valence-electron chi connectivity index (χ0n) is 8.04. The van der Waals surface area contributed by atoms with Gasteiger partial charge in [0.05, 0.1) is 6.54 Å². The number of thiol groups is 1. The molecule has 13 heavy (non-hydrogen) atoms. The molecule has 0 heterocycles. The molecule has 0 rings (SSSR count). The van der Waals surface area contributed by atoms with Crippen molar-refractivity contribution in [1.29, 1.82) is 0 Å². The molecule has 0 spiro atoms. The second kappa shape index (κ2) is 6.77. The van der Waals surface area contributed by atoms with Gasteiger partial charge < -0.3 is 10.2 Å². The van der Waals surface area contributed by atoms with Crippen LogP contribution in [0.3, 0.4) is 0 Å². The summed E-state index contributed by atoms with van der Waals surface area (Å²) in [7, 11) is 1.61. The Balaban J connectivity index is 3.78. The van der Waals surface area contributed by atoms with E-state index in [4.69, 9.17) is 0 Å². The third kappa shape index (κ3) is 5.52. The molecule has 0 saturated carbocycles. The normalized spacial score (nSPS) is 9.46. The Kier molecular flexibility index (Phi) is 6.40. The van der Waals surface area contributed by atoms with Crippen LogP contribution in [0.4, 0.5) is 0 Å². The lowest BCUT2D eigenvalue weighted by Crippen LogP contribution is -2.38. The molecule has 4 nitrogen and oxygen atoms in total. The van der Waals surface area contributed by atoms with Crippen molar-refractivity contribution in [1.82, 2.24) is 10.2 Å². The summed E-state index contributed by atoms with van der Waals surface area (Å²) in [6, 6.07) is 0. The smallest absolute Gasteiger partial charge is 0.239 e. The van der Waals surface area contributed by atoms with Crippen molar-refractivity contribution in [2.75, 3.05) is 25.9 Å². The number of nitrogens with zero attached hydrogens (tertiary/aromatic N) is 1. The lowest BCUT2D eigenvalue weighted by atomic mass is 10.4. The van der Waals surface area contributed by atoms with Crippen LogP contribution in [0, 0.1) is 0 Å². The van der Waals surface area contributed by atoms with E-state index in [1.165, 1.54) is 4.90 Å². The summed E-state index contributed by atoms with van der Waals surface area (Å²) >= 11 is 3.94. The van der Waals surface area contributed by atoms with E-state index >= 15 is 0 Å². The van der Waals surface area contributed by atoms with Crippen molar-refractivity contribution >= 4 is 24.4 Å². The first-order chi connectivity index (χ1) is 6.11. The van der Waals surface area contributed by atoms with Crippen LogP contribution in [0.15, 0.2) is 0 Å². The van der Waals surface area contributed by atoms with Gasteiger partial charge in [0.25, 0.3) is 0 Å². The molecule has 0 saturated heterocycles. The van der Waals surface area contributed by atoms with Crippen LogP contribution in [-0.4, -0.2) is 42.6 Å². The second-order valence-corrected chi connectivity index (χ2v) is 3.12. The Hall–Kier alpha value is -0.710. The Morgan fingerprint density at radius 1 is 1.46 bits per heavy atom. The van der Waals surface area contributed by atoms with Crippen LogP contribution in [0.2, 0.25) is 0 Å². The van der Waals surface area contributed by atoms with Gasteiger partial charge in [-0.3, -0.25) is 9.59 Å². The van der Waals surface area contributed by atoms with Gasteiger partial charge in [-0.05, 0) is 12.7 Å². The Morgan fingerprint density at radius 2 is 2.08 bits per heavy atom. The average Bonchev–Trinajstić information content (AvgIpc) is 2.05. The maximum absolute atomic E-state index is 11.2. The molecule has 0 aromatic rings. The van der Waals surface area contributed by atoms with Gasteiger partial charge >= 0.3 is 0 Å². The number of likely N-dealkylation sites (N-methyl/N-ethyl adjacent to an activating group) is 2. The molecule has 0 aromatic carbocycles. The fourth-order valence-corrected chi connectivity index (χ4v) is 1.03. The monoisotopic (exact) mass is 204 g/mol. The van der Waals surface area contributed by atoms with Gasteiger partial charge in [-0.15, -0.1) is 0 Å². The third-order valence-electron chi connectivity index (χ3n) is 1.51. The van der Waals surface area contributed by atoms with Crippen LogP contribution in [0.1, 0.15) is 13.3 Å². The van der Waals surface area contributed by atoms with E-state index in [2.05, 4.69) is 17.9 Å². The number of amides is 2. The van der Waals surface area contributed by atoms with E-state index in [9.17, 15) is 9.59 Å². The first-order valence-corrected chi connectivity index (χ1v) is 4.86. The van der Waals surface area contributed by atoms with Gasteiger partial charge in [0, 0.05) is 20.0 Å². The quantitative estimate of drug-likeness (QED) is 0.614. The predicted octanol–water partition coefficient (Wildman–Crippen LogP) is -0.0992. The molecule has 0 fully saturated rings. The zero-order valence-corrected chi connectivity index (χ0v) is 8.93. The molecule has 5 heteroatoms. The Bertz CT molecular complexity index is 185. The molecule has 0 atom stereocenters. The first kappa shape index (κ1) is 12.3. The fraction of sp³-hybridized carbons (Fsp3) is 0.750. The number of nitrogens with one attached hydrogen (secondary N) is 1. The molecule has 0 radical (unpaired) electrons. The molecule has 0 aliphatic heterocycles. The molecule has 0 aromatic heterocycles. The molecule has 0 unspecified atom stereocenters. The summed E-state index contributed by atoms with van der Waals surface area (Å²) in [4.78, 5) is 23.6. The molecule has 0 aliphatic carbocycles. The lowest BCUT2D eigenvalue weighted by Gasteiger charge is -2.15. The predicted molar refractivity (Wildman–Crippen MR) is 54.8 cm³/mol. The van der Waals surface area contributed by atoms with E-state index in [0.717, 1.165) is 0 Å². The van der Waals surface area contributed by atoms with Crippen LogP contribution in [0.25, 0.3) is 0 Å². The topological polar surface area (TPSA) is 49.4 Å². The van der Waals surface area contributed by atoms with Gasteiger partial charge in [0.1, 0.15) is 0 Å². The highest BCUT2D eigenvalue weighted by Gasteiger charge is 2.10. The van der Waals surface area contributed by atoms with E-state index in [0.29, 0.717) is 18.7 Å². The second-order valence-electron chi connectivity index (χ2n) is 2.68. The van der Waals surface area contributed by atoms with E-state index in [-0.39, 0.29) is 18.4 Å². The van der Waals surface area contributed by atoms with Crippen LogP contribution >= 0.6 is 12.6 Å². The largest absolute Gasteiger partial charge is 0.355 e. The molecule has 0 bridgehead atoms. The van der Waals surface area contributed by atoms with E-state index in [1.54, 1.807) is 7.05 Å². The van der Waals surface area contributed by atoms with Crippen molar-refractivity contribution in [2.45, 2.75) is 13.3 Å². The minimum absolute atomic E-state index is 0.0544. The zero-order chi connectivity index (χ0) is 10.3. The van der Waals surface area contributed by atoms with Gasteiger partial charge in [-0.1, -0.05) is 0 Å². The first-order valence-electron chi connectivity index (χ1n) is 4.23. The SMILES string of the molecule is CCNC(=O)CN(C)C(=O)CCS. The van der Waals surface area contributed by atoms with Gasteiger partial charge in [-0.2, -0.15) is 12.6 Å². The summed E-state index contributed by atoms with van der Waals surface area (Å²) in [5, 5.41) is 2.62. The van der Waals surface area contributed by atoms with Crippen molar-refractivity contribution in [2.24, 2.45) is 0 Å². The van der Waals surface area contributed by atoms with Crippen LogP contribution in [0.5, 0.6) is 0 Å². The standard InChI is InChI=1S/C8H16N2O2S/c1-3-9-7(11)6-10(2)8(12)4-5-13/h13H,3-6H2,1-2H3,(H,9,11).